The zero-order valence-corrected chi connectivity index (χ0v) is 16.7. The van der Waals surface area contributed by atoms with E-state index in [1.54, 1.807) is 18.2 Å². The van der Waals surface area contributed by atoms with Gasteiger partial charge in [-0.25, -0.2) is 0 Å². The minimum absolute atomic E-state index is 0.0129. The van der Waals surface area contributed by atoms with E-state index in [9.17, 15) is 9.59 Å². The summed E-state index contributed by atoms with van der Waals surface area (Å²) in [5, 5.41) is 0.249. The van der Waals surface area contributed by atoms with Gasteiger partial charge in [-0.3, -0.25) is 14.2 Å². The third kappa shape index (κ3) is 3.28. The van der Waals surface area contributed by atoms with Crippen LogP contribution in [0.1, 0.15) is 5.56 Å². The first-order valence-corrected chi connectivity index (χ1v) is 9.80. The topological polar surface area (TPSA) is 74.3 Å². The molecule has 6 heteroatoms. The third-order valence-corrected chi connectivity index (χ3v) is 5.22. The molecule has 5 aromatic rings. The maximum absolute atomic E-state index is 13.6. The molecule has 0 N–H and O–H groups in total. The zero-order valence-electron chi connectivity index (χ0n) is 16.7. The van der Waals surface area contributed by atoms with Crippen molar-refractivity contribution in [2.24, 2.45) is 0 Å². The van der Waals surface area contributed by atoms with Crippen molar-refractivity contribution >= 4 is 22.1 Å². The standard InChI is InChI=1S/C25H18N2O4/c1-30-18-12-13-19-20(14-18)31-24-21(22(19)28)25(29)27(15-16-8-4-2-5-9-16)23(26-24)17-10-6-3-7-11-17/h2-14H,15H2,1H3. The van der Waals surface area contributed by atoms with Gasteiger partial charge in [-0.05, 0) is 17.7 Å². The first-order chi connectivity index (χ1) is 15.2. The normalized spacial score (nSPS) is 11.1. The highest BCUT2D eigenvalue weighted by molar-refractivity contribution is 5.89. The summed E-state index contributed by atoms with van der Waals surface area (Å²) in [6.07, 6.45) is 0. The van der Waals surface area contributed by atoms with Crippen LogP contribution in [-0.2, 0) is 6.54 Å². The quantitative estimate of drug-likeness (QED) is 0.415. The van der Waals surface area contributed by atoms with Crippen LogP contribution in [0.25, 0.3) is 33.5 Å². The fourth-order valence-corrected chi connectivity index (χ4v) is 3.66. The average Bonchev–Trinajstić information content (AvgIpc) is 2.81. The van der Waals surface area contributed by atoms with E-state index in [-0.39, 0.29) is 17.6 Å². The van der Waals surface area contributed by atoms with Gasteiger partial charge in [0.2, 0.25) is 11.1 Å². The van der Waals surface area contributed by atoms with Crippen LogP contribution in [0.4, 0.5) is 0 Å². The van der Waals surface area contributed by atoms with E-state index in [2.05, 4.69) is 4.98 Å². The lowest BCUT2D eigenvalue weighted by Gasteiger charge is -2.13. The summed E-state index contributed by atoms with van der Waals surface area (Å²) in [5.74, 6) is 0.989. The highest BCUT2D eigenvalue weighted by Gasteiger charge is 2.19. The van der Waals surface area contributed by atoms with Crippen LogP contribution in [-0.4, -0.2) is 16.7 Å². The van der Waals surface area contributed by atoms with Crippen molar-refractivity contribution in [3.05, 3.63) is 105 Å². The lowest BCUT2D eigenvalue weighted by molar-refractivity contribution is 0.414. The molecule has 0 amide bonds. The minimum atomic E-state index is -0.431. The Kier molecular flexibility index (Phi) is 4.59. The van der Waals surface area contributed by atoms with E-state index in [0.29, 0.717) is 22.5 Å². The number of benzene rings is 3. The van der Waals surface area contributed by atoms with Crippen LogP contribution in [0.5, 0.6) is 5.75 Å². The van der Waals surface area contributed by atoms with Gasteiger partial charge in [0.25, 0.3) is 5.56 Å². The lowest BCUT2D eigenvalue weighted by Crippen LogP contribution is -2.28. The molecule has 0 saturated carbocycles. The molecule has 152 valence electrons. The molecular weight excluding hydrogens is 392 g/mol. The van der Waals surface area contributed by atoms with Crippen molar-refractivity contribution in [1.82, 2.24) is 9.55 Å². The van der Waals surface area contributed by atoms with Gasteiger partial charge in [0.1, 0.15) is 17.2 Å². The molecule has 0 saturated heterocycles. The monoisotopic (exact) mass is 410 g/mol. The van der Waals surface area contributed by atoms with E-state index < -0.39 is 11.0 Å². The SMILES string of the molecule is COc1ccc2c(=O)c3c(=O)n(Cc4ccccc4)c(-c4ccccc4)nc3oc2c1. The van der Waals surface area contributed by atoms with Crippen LogP contribution in [0.15, 0.2) is 92.9 Å². The molecule has 31 heavy (non-hydrogen) atoms. The second kappa shape index (κ2) is 7.57. The average molecular weight is 410 g/mol. The van der Waals surface area contributed by atoms with Crippen molar-refractivity contribution in [2.75, 3.05) is 7.11 Å². The van der Waals surface area contributed by atoms with E-state index in [0.717, 1.165) is 11.1 Å². The van der Waals surface area contributed by atoms with Crippen molar-refractivity contribution in [2.45, 2.75) is 6.54 Å². The third-order valence-electron chi connectivity index (χ3n) is 5.22. The number of nitrogens with zero attached hydrogens (tertiary/aromatic N) is 2. The van der Waals surface area contributed by atoms with Gasteiger partial charge in [0.15, 0.2) is 5.39 Å². The lowest BCUT2D eigenvalue weighted by atomic mass is 10.1. The molecule has 0 aliphatic carbocycles. The summed E-state index contributed by atoms with van der Waals surface area (Å²) in [4.78, 5) is 31.4. The highest BCUT2D eigenvalue weighted by Crippen LogP contribution is 2.23. The highest BCUT2D eigenvalue weighted by atomic mass is 16.5. The maximum Gasteiger partial charge on any atom is 0.269 e. The molecule has 0 unspecified atom stereocenters. The molecule has 0 aliphatic heterocycles. The Hall–Kier alpha value is -4.19. The number of hydrogen-bond acceptors (Lipinski definition) is 5. The van der Waals surface area contributed by atoms with E-state index in [1.807, 2.05) is 60.7 Å². The number of methoxy groups -OCH3 is 1. The van der Waals surface area contributed by atoms with Gasteiger partial charge in [-0.1, -0.05) is 60.7 Å². The molecule has 0 aliphatic rings. The van der Waals surface area contributed by atoms with Crippen LogP contribution in [0.3, 0.4) is 0 Å². The maximum atomic E-state index is 13.6. The Morgan fingerprint density at radius 3 is 2.35 bits per heavy atom. The van der Waals surface area contributed by atoms with Gasteiger partial charge >= 0.3 is 0 Å². The smallest absolute Gasteiger partial charge is 0.269 e. The largest absolute Gasteiger partial charge is 0.497 e. The first-order valence-electron chi connectivity index (χ1n) is 9.80. The number of fused-ring (bicyclic) bond motifs is 2. The van der Waals surface area contributed by atoms with Gasteiger partial charge in [0.05, 0.1) is 19.0 Å². The van der Waals surface area contributed by atoms with Crippen LogP contribution < -0.4 is 15.7 Å². The van der Waals surface area contributed by atoms with Gasteiger partial charge in [-0.2, -0.15) is 4.98 Å². The van der Waals surface area contributed by atoms with Crippen LogP contribution in [0.2, 0.25) is 0 Å². The Bertz CT molecular complexity index is 1520. The molecular formula is C25H18N2O4. The Morgan fingerprint density at radius 2 is 1.65 bits per heavy atom. The Labute approximate surface area is 177 Å². The van der Waals surface area contributed by atoms with E-state index >= 15 is 0 Å². The molecule has 2 aromatic heterocycles. The summed E-state index contributed by atoms with van der Waals surface area (Å²) in [7, 11) is 1.54. The predicted molar refractivity (Wildman–Crippen MR) is 120 cm³/mol. The molecule has 0 bridgehead atoms. The van der Waals surface area contributed by atoms with E-state index in [1.165, 1.54) is 11.7 Å². The molecule has 3 aromatic carbocycles. The summed E-state index contributed by atoms with van der Waals surface area (Å²) < 4.78 is 12.7. The van der Waals surface area contributed by atoms with Gasteiger partial charge < -0.3 is 9.15 Å². The van der Waals surface area contributed by atoms with Gasteiger partial charge in [-0.15, -0.1) is 0 Å². The molecule has 0 radical (unpaired) electrons. The van der Waals surface area contributed by atoms with Crippen LogP contribution >= 0.6 is 0 Å². The van der Waals surface area contributed by atoms with Crippen molar-refractivity contribution in [3.8, 4) is 17.1 Å². The summed E-state index contributed by atoms with van der Waals surface area (Å²) in [6, 6.07) is 23.9. The molecule has 5 rings (SSSR count). The van der Waals surface area contributed by atoms with Crippen molar-refractivity contribution in [3.63, 3.8) is 0 Å². The molecule has 0 fully saturated rings. The zero-order chi connectivity index (χ0) is 21.4. The number of aromatic nitrogens is 2. The summed E-state index contributed by atoms with van der Waals surface area (Å²) >= 11 is 0. The summed E-state index contributed by atoms with van der Waals surface area (Å²) in [6.45, 7) is 0.285. The minimum Gasteiger partial charge on any atom is -0.497 e. The van der Waals surface area contributed by atoms with Gasteiger partial charge in [0, 0.05) is 11.6 Å². The fraction of sp³-hybridized carbons (Fsp3) is 0.0800. The Balaban J connectivity index is 1.86. The second-order valence-corrected chi connectivity index (χ2v) is 7.15. The number of rotatable bonds is 4. The summed E-state index contributed by atoms with van der Waals surface area (Å²) in [5.41, 5.74) is 1.18. The predicted octanol–water partition coefficient (Wildman–Crippen LogP) is 4.23. The van der Waals surface area contributed by atoms with E-state index in [4.69, 9.17) is 9.15 Å². The van der Waals surface area contributed by atoms with Crippen molar-refractivity contribution in [1.29, 1.82) is 0 Å². The molecule has 0 spiro atoms. The second-order valence-electron chi connectivity index (χ2n) is 7.15. The molecule has 0 atom stereocenters. The van der Waals surface area contributed by atoms with Crippen molar-refractivity contribution < 1.29 is 9.15 Å². The number of hydrogen-bond donors (Lipinski definition) is 0. The Morgan fingerprint density at radius 1 is 0.935 bits per heavy atom. The molecule has 2 heterocycles. The first kappa shape index (κ1) is 18.8. The molecule has 6 nitrogen and oxygen atoms in total. The van der Waals surface area contributed by atoms with Crippen LogP contribution in [0, 0.1) is 0 Å². The number of ether oxygens (including phenoxy) is 1. The fourth-order valence-electron chi connectivity index (χ4n) is 3.66.